The Morgan fingerprint density at radius 1 is 1.21 bits per heavy atom. The van der Waals surface area contributed by atoms with E-state index in [9.17, 15) is 21.6 Å². The Morgan fingerprint density at radius 3 is 2.62 bits per heavy atom. The number of hydrogen-bond acceptors (Lipinski definition) is 6. The van der Waals surface area contributed by atoms with Gasteiger partial charge in [-0.1, -0.05) is 6.07 Å². The molecule has 29 heavy (non-hydrogen) atoms. The summed E-state index contributed by atoms with van der Waals surface area (Å²) in [6, 6.07) is 5.31. The number of halogens is 3. The zero-order chi connectivity index (χ0) is 20.8. The number of nitrogens with two attached hydrogens (primary N) is 1. The first-order valence-corrected chi connectivity index (χ1v) is 10.5. The lowest BCUT2D eigenvalue weighted by atomic mass is 10.0. The first-order chi connectivity index (χ1) is 13.6. The first kappa shape index (κ1) is 19.9. The normalized spacial score (nSPS) is 17.7. The molecule has 156 valence electrons. The Bertz CT molecular complexity index is 1040. The third kappa shape index (κ3) is 4.60. The van der Waals surface area contributed by atoms with E-state index < -0.39 is 21.9 Å². The number of hydrogen-bond donors (Lipinski definition) is 3. The average Bonchev–Trinajstić information content (AvgIpc) is 3.43. The summed E-state index contributed by atoms with van der Waals surface area (Å²) in [6.45, 7) is 0.433. The summed E-state index contributed by atoms with van der Waals surface area (Å²) in [5.74, 6) is -0.240. The fourth-order valence-corrected chi connectivity index (χ4v) is 3.80. The van der Waals surface area contributed by atoms with E-state index in [1.54, 1.807) is 12.1 Å². The smallest absolute Gasteiger partial charge is 0.367 e. The molecular formula is C17H19F3N6O2S. The monoisotopic (exact) mass is 428 g/mol. The van der Waals surface area contributed by atoms with Crippen molar-refractivity contribution in [1.82, 2.24) is 14.3 Å². The third-order valence-electron chi connectivity index (χ3n) is 4.81. The van der Waals surface area contributed by atoms with Crippen molar-refractivity contribution in [3.05, 3.63) is 41.1 Å². The van der Waals surface area contributed by atoms with Gasteiger partial charge in [-0.15, -0.1) is 0 Å². The molecule has 0 atom stereocenters. The van der Waals surface area contributed by atoms with Crippen molar-refractivity contribution in [3.63, 3.8) is 0 Å². The van der Waals surface area contributed by atoms with Crippen LogP contribution in [0.1, 0.15) is 29.5 Å². The molecule has 1 aromatic carbocycles. The molecule has 0 radical (unpaired) electrons. The standard InChI is InChI=1S/C17H19F3N6O2S/c18-17(19,20)14-8-22-16(25-15(14)23-12-3-4-12)24-13-2-1-10-5-6-26(29(21,27)28)9-11(10)7-13/h1-2,7-8,12H,3-6,9H2,(H2,21,27,28)(H2,22,23,24,25). The molecule has 0 amide bonds. The van der Waals surface area contributed by atoms with E-state index in [-0.39, 0.29) is 24.4 Å². The number of anilines is 3. The Morgan fingerprint density at radius 2 is 1.97 bits per heavy atom. The topological polar surface area (TPSA) is 113 Å². The highest BCUT2D eigenvalue weighted by atomic mass is 32.2. The van der Waals surface area contributed by atoms with E-state index in [4.69, 9.17) is 5.14 Å². The summed E-state index contributed by atoms with van der Waals surface area (Å²) in [5, 5.41) is 10.9. The molecular weight excluding hydrogens is 409 g/mol. The van der Waals surface area contributed by atoms with E-state index >= 15 is 0 Å². The van der Waals surface area contributed by atoms with Gasteiger partial charge in [-0.2, -0.15) is 30.9 Å². The molecule has 4 rings (SSSR count). The number of nitrogens with zero attached hydrogens (tertiary/aromatic N) is 3. The van der Waals surface area contributed by atoms with Crippen molar-refractivity contribution in [1.29, 1.82) is 0 Å². The molecule has 1 saturated carbocycles. The van der Waals surface area contributed by atoms with E-state index in [2.05, 4.69) is 20.6 Å². The van der Waals surface area contributed by atoms with Crippen molar-refractivity contribution in [3.8, 4) is 0 Å². The van der Waals surface area contributed by atoms with Crippen LogP contribution in [-0.4, -0.2) is 35.3 Å². The predicted octanol–water partition coefficient (Wildman–Crippen LogP) is 2.37. The molecule has 1 fully saturated rings. The number of alkyl halides is 3. The Kier molecular flexibility index (Phi) is 4.87. The molecule has 1 aliphatic carbocycles. The fourth-order valence-electron chi connectivity index (χ4n) is 3.14. The van der Waals surface area contributed by atoms with Gasteiger partial charge in [-0.25, -0.2) is 10.1 Å². The Labute approximate surface area is 165 Å². The third-order valence-corrected chi connectivity index (χ3v) is 5.84. The van der Waals surface area contributed by atoms with Gasteiger partial charge in [0.2, 0.25) is 5.95 Å². The Balaban J connectivity index is 1.58. The highest BCUT2D eigenvalue weighted by Crippen LogP contribution is 2.36. The SMILES string of the molecule is NS(=O)(=O)N1CCc2ccc(Nc3ncc(C(F)(F)F)c(NC4CC4)n3)cc2C1. The molecule has 0 unspecified atom stereocenters. The second-order valence-electron chi connectivity index (χ2n) is 7.11. The summed E-state index contributed by atoms with van der Waals surface area (Å²) in [6.07, 6.45) is -1.68. The summed E-state index contributed by atoms with van der Waals surface area (Å²) in [5.41, 5.74) is 1.37. The summed E-state index contributed by atoms with van der Waals surface area (Å²) >= 11 is 0. The average molecular weight is 428 g/mol. The molecule has 1 aliphatic heterocycles. The molecule has 0 saturated heterocycles. The van der Waals surface area contributed by atoms with Crippen LogP contribution in [0.25, 0.3) is 0 Å². The second kappa shape index (κ2) is 7.11. The van der Waals surface area contributed by atoms with Gasteiger partial charge in [0.05, 0.1) is 0 Å². The molecule has 1 aromatic heterocycles. The van der Waals surface area contributed by atoms with Crippen LogP contribution >= 0.6 is 0 Å². The molecule has 4 N–H and O–H groups in total. The molecule has 0 spiro atoms. The number of benzene rings is 1. The number of rotatable bonds is 5. The van der Waals surface area contributed by atoms with E-state index in [1.165, 1.54) is 4.31 Å². The van der Waals surface area contributed by atoms with Gasteiger partial charge in [-0.3, -0.25) is 0 Å². The van der Waals surface area contributed by atoms with Gasteiger partial charge in [0.15, 0.2) is 0 Å². The van der Waals surface area contributed by atoms with E-state index in [1.807, 2.05) is 6.07 Å². The molecule has 2 aliphatic rings. The largest absolute Gasteiger partial charge is 0.421 e. The summed E-state index contributed by atoms with van der Waals surface area (Å²) in [7, 11) is -3.80. The van der Waals surface area contributed by atoms with Gasteiger partial charge in [0, 0.05) is 31.0 Å². The minimum absolute atomic E-state index is 0.00760. The summed E-state index contributed by atoms with van der Waals surface area (Å²) < 4.78 is 63.9. The fraction of sp³-hybridized carbons (Fsp3) is 0.412. The van der Waals surface area contributed by atoms with E-state index in [0.717, 1.165) is 30.2 Å². The lowest BCUT2D eigenvalue weighted by Gasteiger charge is -2.26. The number of aromatic nitrogens is 2. The zero-order valence-electron chi connectivity index (χ0n) is 15.2. The minimum Gasteiger partial charge on any atom is -0.367 e. The minimum atomic E-state index is -4.56. The van der Waals surface area contributed by atoms with Gasteiger partial charge in [0.25, 0.3) is 10.2 Å². The van der Waals surface area contributed by atoms with Crippen LogP contribution in [0.2, 0.25) is 0 Å². The molecule has 0 bridgehead atoms. The lowest BCUT2D eigenvalue weighted by molar-refractivity contribution is -0.137. The summed E-state index contributed by atoms with van der Waals surface area (Å²) in [4.78, 5) is 7.79. The van der Waals surface area contributed by atoms with Crippen molar-refractivity contribution in [2.45, 2.75) is 38.0 Å². The maximum Gasteiger partial charge on any atom is 0.421 e. The van der Waals surface area contributed by atoms with Crippen LogP contribution in [-0.2, 0) is 29.4 Å². The maximum absolute atomic E-state index is 13.2. The van der Waals surface area contributed by atoms with Crippen LogP contribution in [0, 0.1) is 0 Å². The second-order valence-corrected chi connectivity index (χ2v) is 8.66. The number of nitrogens with one attached hydrogen (secondary N) is 2. The van der Waals surface area contributed by atoms with Crippen LogP contribution in [0.15, 0.2) is 24.4 Å². The van der Waals surface area contributed by atoms with Gasteiger partial charge in [-0.05, 0) is 42.5 Å². The van der Waals surface area contributed by atoms with Crippen molar-refractivity contribution >= 4 is 27.7 Å². The first-order valence-electron chi connectivity index (χ1n) is 8.97. The predicted molar refractivity (Wildman–Crippen MR) is 101 cm³/mol. The van der Waals surface area contributed by atoms with Crippen molar-refractivity contribution in [2.75, 3.05) is 17.2 Å². The van der Waals surface area contributed by atoms with Crippen molar-refractivity contribution in [2.24, 2.45) is 5.14 Å². The van der Waals surface area contributed by atoms with Gasteiger partial charge >= 0.3 is 6.18 Å². The van der Waals surface area contributed by atoms with Crippen LogP contribution in [0.4, 0.5) is 30.6 Å². The van der Waals surface area contributed by atoms with Crippen LogP contribution in [0.5, 0.6) is 0 Å². The molecule has 8 nitrogen and oxygen atoms in total. The molecule has 2 aromatic rings. The maximum atomic E-state index is 13.2. The van der Waals surface area contributed by atoms with Gasteiger partial charge in [0.1, 0.15) is 11.4 Å². The number of fused-ring (bicyclic) bond motifs is 1. The highest BCUT2D eigenvalue weighted by molar-refractivity contribution is 7.86. The molecule has 12 heteroatoms. The van der Waals surface area contributed by atoms with Crippen LogP contribution in [0.3, 0.4) is 0 Å². The van der Waals surface area contributed by atoms with Crippen LogP contribution < -0.4 is 15.8 Å². The zero-order valence-corrected chi connectivity index (χ0v) is 16.0. The van der Waals surface area contributed by atoms with Gasteiger partial charge < -0.3 is 10.6 Å². The highest BCUT2D eigenvalue weighted by Gasteiger charge is 2.37. The van der Waals surface area contributed by atoms with E-state index in [0.29, 0.717) is 18.7 Å². The Hall–Kier alpha value is -2.44. The quantitative estimate of drug-likeness (QED) is 0.674. The molecule has 2 heterocycles. The lowest BCUT2D eigenvalue weighted by Crippen LogP contribution is -2.40. The van der Waals surface area contributed by atoms with Crippen molar-refractivity contribution < 1.29 is 21.6 Å².